The number of rotatable bonds is 6. The van der Waals surface area contributed by atoms with E-state index in [4.69, 9.17) is 0 Å². The summed E-state index contributed by atoms with van der Waals surface area (Å²) in [6, 6.07) is 3.95. The fourth-order valence-corrected chi connectivity index (χ4v) is 2.11. The molecule has 0 bridgehead atoms. The van der Waals surface area contributed by atoms with Gasteiger partial charge in [-0.25, -0.2) is 4.98 Å². The van der Waals surface area contributed by atoms with E-state index in [9.17, 15) is 4.79 Å². The fourth-order valence-electron chi connectivity index (χ4n) is 2.11. The molecule has 0 saturated heterocycles. The molecule has 106 valence electrons. The zero-order valence-electron chi connectivity index (χ0n) is 12.7. The Morgan fingerprint density at radius 1 is 1.37 bits per heavy atom. The van der Waals surface area contributed by atoms with Crippen LogP contribution < -0.4 is 5.32 Å². The van der Waals surface area contributed by atoms with Gasteiger partial charge in [-0.3, -0.25) is 4.79 Å². The highest BCUT2D eigenvalue weighted by Gasteiger charge is 2.19. The summed E-state index contributed by atoms with van der Waals surface area (Å²) in [5.74, 6) is 0.854. The number of amides is 1. The molecule has 1 amide bonds. The summed E-state index contributed by atoms with van der Waals surface area (Å²) in [7, 11) is 0. The third-order valence-electron chi connectivity index (χ3n) is 3.28. The molecule has 0 saturated carbocycles. The van der Waals surface area contributed by atoms with Crippen LogP contribution in [-0.2, 0) is 0 Å². The van der Waals surface area contributed by atoms with E-state index in [0.717, 1.165) is 31.0 Å². The highest BCUT2D eigenvalue weighted by Crippen LogP contribution is 2.15. The molecule has 0 spiro atoms. The van der Waals surface area contributed by atoms with E-state index in [0.29, 0.717) is 5.56 Å². The number of nitrogens with one attached hydrogen (secondary N) is 1. The van der Waals surface area contributed by atoms with Gasteiger partial charge in [0.05, 0.1) is 0 Å². The number of carbonyl (C=O) groups is 1. The molecule has 0 aliphatic carbocycles. The average molecular weight is 263 g/mol. The van der Waals surface area contributed by atoms with Crippen LogP contribution in [0.5, 0.6) is 0 Å². The quantitative estimate of drug-likeness (QED) is 0.858. The zero-order chi connectivity index (χ0) is 14.4. The summed E-state index contributed by atoms with van der Waals surface area (Å²) in [6.45, 7) is 11.7. The van der Waals surface area contributed by atoms with Crippen molar-refractivity contribution in [3.63, 3.8) is 0 Å². The van der Waals surface area contributed by atoms with Crippen molar-refractivity contribution < 1.29 is 4.79 Å². The Balaban J connectivity index is 3.03. The van der Waals surface area contributed by atoms with Gasteiger partial charge >= 0.3 is 0 Å². The van der Waals surface area contributed by atoms with Crippen LogP contribution in [0.25, 0.3) is 0 Å². The normalized spacial score (nSPS) is 12.1. The SMILES string of the molecule is CCNc1cc(C(=O)N(CC)C(C)CC)cc(C)n1. The van der Waals surface area contributed by atoms with Crippen LogP contribution in [0.3, 0.4) is 0 Å². The minimum atomic E-state index is 0.0847. The van der Waals surface area contributed by atoms with Gasteiger partial charge in [0.1, 0.15) is 5.82 Å². The van der Waals surface area contributed by atoms with E-state index in [1.54, 1.807) is 0 Å². The van der Waals surface area contributed by atoms with Crippen LogP contribution in [0.2, 0.25) is 0 Å². The van der Waals surface area contributed by atoms with Gasteiger partial charge in [-0.15, -0.1) is 0 Å². The molecule has 1 heterocycles. The minimum Gasteiger partial charge on any atom is -0.370 e. The highest BCUT2D eigenvalue weighted by molar-refractivity contribution is 5.95. The summed E-state index contributed by atoms with van der Waals surface area (Å²) < 4.78 is 0. The molecule has 1 aromatic rings. The first-order valence-electron chi connectivity index (χ1n) is 7.06. The van der Waals surface area contributed by atoms with Gasteiger partial charge in [0, 0.05) is 30.4 Å². The standard InChI is InChI=1S/C15H25N3O/c1-6-12(5)18(8-3)15(19)13-9-11(4)17-14(10-13)16-7-2/h9-10,12H,6-8H2,1-5H3,(H,16,17). The predicted octanol–water partition coefficient (Wildman–Crippen LogP) is 3.08. The Bertz CT molecular complexity index is 431. The molecule has 0 aliphatic heterocycles. The largest absolute Gasteiger partial charge is 0.370 e. The van der Waals surface area contributed by atoms with Crippen molar-refractivity contribution in [3.8, 4) is 0 Å². The maximum Gasteiger partial charge on any atom is 0.254 e. The number of nitrogens with zero attached hydrogens (tertiary/aromatic N) is 2. The molecule has 1 N–H and O–H groups in total. The monoisotopic (exact) mass is 263 g/mol. The van der Waals surface area contributed by atoms with Crippen molar-refractivity contribution in [1.29, 1.82) is 0 Å². The maximum atomic E-state index is 12.6. The van der Waals surface area contributed by atoms with Gasteiger partial charge in [-0.1, -0.05) is 6.92 Å². The van der Waals surface area contributed by atoms with Crippen LogP contribution in [0.1, 0.15) is 50.2 Å². The van der Waals surface area contributed by atoms with Crippen molar-refractivity contribution in [2.45, 2.75) is 47.1 Å². The molecule has 1 aromatic heterocycles. The Morgan fingerprint density at radius 3 is 2.58 bits per heavy atom. The van der Waals surface area contributed by atoms with E-state index in [2.05, 4.69) is 24.1 Å². The Labute approximate surface area is 116 Å². The number of aryl methyl sites for hydroxylation is 1. The Morgan fingerprint density at radius 2 is 2.05 bits per heavy atom. The lowest BCUT2D eigenvalue weighted by Gasteiger charge is -2.27. The molecular formula is C15H25N3O. The molecule has 1 atom stereocenters. The second-order valence-corrected chi connectivity index (χ2v) is 4.76. The maximum absolute atomic E-state index is 12.6. The van der Waals surface area contributed by atoms with Crippen molar-refractivity contribution in [2.75, 3.05) is 18.4 Å². The van der Waals surface area contributed by atoms with E-state index in [1.807, 2.05) is 37.8 Å². The lowest BCUT2D eigenvalue weighted by Crippen LogP contribution is -2.38. The number of aromatic nitrogens is 1. The van der Waals surface area contributed by atoms with Crippen LogP contribution in [0, 0.1) is 6.92 Å². The summed E-state index contributed by atoms with van der Waals surface area (Å²) in [5.41, 5.74) is 1.58. The first-order chi connectivity index (χ1) is 9.03. The van der Waals surface area contributed by atoms with Crippen LogP contribution in [0.15, 0.2) is 12.1 Å². The third-order valence-corrected chi connectivity index (χ3v) is 3.28. The lowest BCUT2D eigenvalue weighted by atomic mass is 10.1. The summed E-state index contributed by atoms with van der Waals surface area (Å²) in [4.78, 5) is 18.8. The van der Waals surface area contributed by atoms with Gasteiger partial charge in [0.25, 0.3) is 5.91 Å². The number of hydrogen-bond donors (Lipinski definition) is 1. The highest BCUT2D eigenvalue weighted by atomic mass is 16.2. The van der Waals surface area contributed by atoms with Crippen LogP contribution >= 0.6 is 0 Å². The number of hydrogen-bond acceptors (Lipinski definition) is 3. The predicted molar refractivity (Wildman–Crippen MR) is 79.6 cm³/mol. The lowest BCUT2D eigenvalue weighted by molar-refractivity contribution is 0.0700. The minimum absolute atomic E-state index is 0.0847. The van der Waals surface area contributed by atoms with Crippen molar-refractivity contribution in [3.05, 3.63) is 23.4 Å². The average Bonchev–Trinajstić information content (AvgIpc) is 2.38. The van der Waals surface area contributed by atoms with E-state index < -0.39 is 0 Å². The van der Waals surface area contributed by atoms with Crippen LogP contribution in [0.4, 0.5) is 5.82 Å². The van der Waals surface area contributed by atoms with Crippen molar-refractivity contribution in [1.82, 2.24) is 9.88 Å². The zero-order valence-corrected chi connectivity index (χ0v) is 12.7. The first-order valence-corrected chi connectivity index (χ1v) is 7.06. The second kappa shape index (κ2) is 7.12. The molecule has 19 heavy (non-hydrogen) atoms. The van der Waals surface area contributed by atoms with Crippen molar-refractivity contribution >= 4 is 11.7 Å². The number of carbonyl (C=O) groups excluding carboxylic acids is 1. The molecule has 1 unspecified atom stereocenters. The van der Waals surface area contributed by atoms with E-state index in [1.165, 1.54) is 0 Å². The molecule has 1 rings (SSSR count). The topological polar surface area (TPSA) is 45.2 Å². The summed E-state index contributed by atoms with van der Waals surface area (Å²) in [5, 5.41) is 3.16. The number of pyridine rings is 1. The smallest absolute Gasteiger partial charge is 0.254 e. The summed E-state index contributed by atoms with van der Waals surface area (Å²) >= 11 is 0. The van der Waals surface area contributed by atoms with Gasteiger partial charge in [0.2, 0.25) is 0 Å². The molecule has 4 heteroatoms. The van der Waals surface area contributed by atoms with Crippen LogP contribution in [-0.4, -0.2) is 34.9 Å². The molecule has 0 aliphatic rings. The summed E-state index contributed by atoms with van der Waals surface area (Å²) in [6.07, 6.45) is 0.962. The fraction of sp³-hybridized carbons (Fsp3) is 0.600. The number of anilines is 1. The Kier molecular flexibility index (Phi) is 5.80. The van der Waals surface area contributed by atoms with Gasteiger partial charge in [-0.05, 0) is 46.2 Å². The molecular weight excluding hydrogens is 238 g/mol. The second-order valence-electron chi connectivity index (χ2n) is 4.76. The Hall–Kier alpha value is -1.58. The van der Waals surface area contributed by atoms with Gasteiger partial charge in [-0.2, -0.15) is 0 Å². The van der Waals surface area contributed by atoms with E-state index in [-0.39, 0.29) is 11.9 Å². The van der Waals surface area contributed by atoms with E-state index >= 15 is 0 Å². The molecule has 0 radical (unpaired) electrons. The van der Waals surface area contributed by atoms with Gasteiger partial charge in [0.15, 0.2) is 0 Å². The molecule has 4 nitrogen and oxygen atoms in total. The van der Waals surface area contributed by atoms with Gasteiger partial charge < -0.3 is 10.2 Å². The first kappa shape index (κ1) is 15.5. The van der Waals surface area contributed by atoms with Crippen molar-refractivity contribution in [2.24, 2.45) is 0 Å². The molecule has 0 fully saturated rings. The third kappa shape index (κ3) is 3.94. The molecule has 0 aromatic carbocycles.